The first-order valence-corrected chi connectivity index (χ1v) is 9.42. The number of nitrogens with two attached hydrogens (primary N) is 1. The van der Waals surface area contributed by atoms with Gasteiger partial charge in [-0.05, 0) is 36.3 Å². The summed E-state index contributed by atoms with van der Waals surface area (Å²) >= 11 is 0. The van der Waals surface area contributed by atoms with E-state index in [2.05, 4.69) is 9.67 Å². The third kappa shape index (κ3) is 2.93. The van der Waals surface area contributed by atoms with Crippen molar-refractivity contribution in [3.05, 3.63) is 84.4 Å². The molecule has 1 saturated carbocycles. The summed E-state index contributed by atoms with van der Waals surface area (Å²) in [7, 11) is 1.92. The lowest BCUT2D eigenvalue weighted by Gasteiger charge is -2.37. The number of aromatic nitrogens is 3. The van der Waals surface area contributed by atoms with Gasteiger partial charge < -0.3 is 5.73 Å². The summed E-state index contributed by atoms with van der Waals surface area (Å²) < 4.78 is 3.96. The number of amides is 1. The third-order valence-corrected chi connectivity index (χ3v) is 5.95. The highest BCUT2D eigenvalue weighted by atomic mass is 16.1. The Kier molecular flexibility index (Phi) is 4.52. The number of carbonyl (C=O) groups is 1. The Morgan fingerprint density at radius 1 is 1.07 bits per heavy atom. The smallest absolute Gasteiger partial charge is 0.265 e. The Bertz CT molecular complexity index is 880. The van der Waals surface area contributed by atoms with Crippen LogP contribution >= 0.6 is 0 Å². The Morgan fingerprint density at radius 2 is 1.67 bits per heavy atom. The molecule has 27 heavy (non-hydrogen) atoms. The van der Waals surface area contributed by atoms with Crippen molar-refractivity contribution in [1.29, 1.82) is 0 Å². The van der Waals surface area contributed by atoms with Crippen LogP contribution in [0.25, 0.3) is 0 Å². The molecule has 0 bridgehead atoms. The van der Waals surface area contributed by atoms with Gasteiger partial charge in [-0.1, -0.05) is 60.7 Å². The van der Waals surface area contributed by atoms with Crippen LogP contribution in [0.3, 0.4) is 0 Å². The van der Waals surface area contributed by atoms with Crippen molar-refractivity contribution in [3.8, 4) is 0 Å². The minimum atomic E-state index is -0.819. The van der Waals surface area contributed by atoms with Crippen LogP contribution in [0.2, 0.25) is 0 Å². The molecule has 0 aliphatic heterocycles. The molecule has 138 valence electrons. The molecule has 1 heterocycles. The van der Waals surface area contributed by atoms with Gasteiger partial charge in [-0.2, -0.15) is 0 Å². The molecule has 1 aromatic heterocycles. The molecule has 2 N–H and O–H groups in total. The monoisotopic (exact) mass is 361 g/mol. The number of primary amides is 1. The predicted octanol–water partition coefficient (Wildman–Crippen LogP) is 2.52. The van der Waals surface area contributed by atoms with E-state index in [9.17, 15) is 4.79 Å². The highest BCUT2D eigenvalue weighted by Gasteiger charge is 2.50. The Balaban J connectivity index is 1.80. The number of rotatable bonds is 5. The second kappa shape index (κ2) is 6.99. The standard InChI is InChI=1S/C22H24N4O/c1-25-16-26(15-24-25)20-13-12-19(14-20)22(21(23)27,17-8-4-2-5-9-17)18-10-6-3-7-11-18/h2-11,15-16,19-20H,12-14H2,1H3,(H-,23,27)/p+1/t19-,20+/m0/s1. The third-order valence-electron chi connectivity index (χ3n) is 5.95. The van der Waals surface area contributed by atoms with Crippen molar-refractivity contribution >= 4 is 5.91 Å². The molecule has 5 heteroatoms. The van der Waals surface area contributed by atoms with Crippen molar-refractivity contribution in [3.63, 3.8) is 0 Å². The van der Waals surface area contributed by atoms with E-state index in [-0.39, 0.29) is 11.8 Å². The quantitative estimate of drug-likeness (QED) is 0.710. The summed E-state index contributed by atoms with van der Waals surface area (Å²) in [6, 6.07) is 20.3. The summed E-state index contributed by atoms with van der Waals surface area (Å²) in [4.78, 5) is 13.1. The van der Waals surface area contributed by atoms with Crippen molar-refractivity contribution in [2.75, 3.05) is 0 Å². The number of nitrogens with zero attached hydrogens (tertiary/aromatic N) is 3. The lowest BCUT2D eigenvalue weighted by atomic mass is 9.64. The molecule has 1 aliphatic carbocycles. The molecule has 1 fully saturated rings. The first-order valence-electron chi connectivity index (χ1n) is 9.42. The highest BCUT2D eigenvalue weighted by molar-refractivity contribution is 5.91. The summed E-state index contributed by atoms with van der Waals surface area (Å²) in [5.41, 5.74) is 7.28. The molecule has 1 amide bonds. The van der Waals surface area contributed by atoms with Crippen molar-refractivity contribution in [2.24, 2.45) is 18.7 Å². The molecular formula is C22H25N4O+. The molecule has 5 nitrogen and oxygen atoms in total. The first kappa shape index (κ1) is 17.5. The van der Waals surface area contributed by atoms with E-state index in [1.807, 2.05) is 85.0 Å². The van der Waals surface area contributed by atoms with E-state index in [0.29, 0.717) is 6.04 Å². The lowest BCUT2D eigenvalue weighted by Crippen LogP contribution is -2.48. The van der Waals surface area contributed by atoms with Crippen LogP contribution in [0.15, 0.2) is 73.3 Å². The fourth-order valence-electron chi connectivity index (χ4n) is 4.73. The average molecular weight is 361 g/mol. The zero-order chi connectivity index (χ0) is 18.9. The summed E-state index contributed by atoms with van der Waals surface area (Å²) in [6.45, 7) is 0. The van der Waals surface area contributed by atoms with Crippen LogP contribution in [0.4, 0.5) is 0 Å². The predicted molar refractivity (Wildman–Crippen MR) is 103 cm³/mol. The van der Waals surface area contributed by atoms with Gasteiger partial charge in [-0.25, -0.2) is 4.57 Å². The topological polar surface area (TPSA) is 64.8 Å². The second-order valence-electron chi connectivity index (χ2n) is 7.44. The SMILES string of the molecule is Cn1c[n+]([C@@H]2CC[C@H](C(C(N)=O)(c3ccccc3)c3ccccc3)C2)cn1. The molecule has 0 spiro atoms. The fraction of sp³-hybridized carbons (Fsp3) is 0.318. The van der Waals surface area contributed by atoms with Gasteiger partial charge in [0, 0.05) is 5.10 Å². The highest BCUT2D eigenvalue weighted by Crippen LogP contribution is 2.48. The largest absolute Gasteiger partial charge is 0.369 e. The van der Waals surface area contributed by atoms with E-state index < -0.39 is 5.41 Å². The van der Waals surface area contributed by atoms with Gasteiger partial charge in [0.25, 0.3) is 6.33 Å². The second-order valence-corrected chi connectivity index (χ2v) is 7.44. The van der Waals surface area contributed by atoms with Crippen LogP contribution in [0.5, 0.6) is 0 Å². The summed E-state index contributed by atoms with van der Waals surface area (Å²) in [5, 5.41) is 4.29. The van der Waals surface area contributed by atoms with Gasteiger partial charge in [0.05, 0.1) is 13.1 Å². The zero-order valence-electron chi connectivity index (χ0n) is 15.5. The minimum absolute atomic E-state index is 0.137. The number of hydrogen-bond acceptors (Lipinski definition) is 2. The normalized spacial score (nSPS) is 19.9. The molecule has 0 radical (unpaired) electrons. The Morgan fingerprint density at radius 3 is 2.15 bits per heavy atom. The van der Waals surface area contributed by atoms with E-state index >= 15 is 0 Å². The number of benzene rings is 2. The Labute approximate surface area is 159 Å². The van der Waals surface area contributed by atoms with Crippen molar-refractivity contribution in [1.82, 2.24) is 9.78 Å². The number of aryl methyl sites for hydroxylation is 1. The maximum Gasteiger partial charge on any atom is 0.265 e. The molecule has 2 aromatic carbocycles. The van der Waals surface area contributed by atoms with Gasteiger partial charge in [-0.15, -0.1) is 4.68 Å². The van der Waals surface area contributed by atoms with Crippen LogP contribution in [-0.4, -0.2) is 15.7 Å². The first-order chi connectivity index (χ1) is 13.1. The van der Waals surface area contributed by atoms with Gasteiger partial charge in [-0.3, -0.25) is 4.79 Å². The molecule has 3 aromatic rings. The number of hydrogen-bond donors (Lipinski definition) is 1. The fourth-order valence-corrected chi connectivity index (χ4v) is 4.73. The van der Waals surface area contributed by atoms with Gasteiger partial charge in [0.1, 0.15) is 5.41 Å². The van der Waals surface area contributed by atoms with E-state index in [0.717, 1.165) is 30.4 Å². The van der Waals surface area contributed by atoms with E-state index in [4.69, 9.17) is 5.73 Å². The average Bonchev–Trinajstić information content (AvgIpc) is 3.33. The van der Waals surface area contributed by atoms with Gasteiger partial charge >= 0.3 is 0 Å². The van der Waals surface area contributed by atoms with E-state index in [1.165, 1.54) is 0 Å². The lowest BCUT2D eigenvalue weighted by molar-refractivity contribution is -0.722. The van der Waals surface area contributed by atoms with E-state index in [1.54, 1.807) is 0 Å². The van der Waals surface area contributed by atoms with Gasteiger partial charge in [0.2, 0.25) is 12.2 Å². The number of carbonyl (C=O) groups excluding carboxylic acids is 1. The van der Waals surface area contributed by atoms with Crippen LogP contribution in [0.1, 0.15) is 36.4 Å². The molecule has 2 atom stereocenters. The maximum atomic E-state index is 13.1. The molecule has 1 aliphatic rings. The minimum Gasteiger partial charge on any atom is -0.369 e. The molecular weight excluding hydrogens is 336 g/mol. The molecule has 0 unspecified atom stereocenters. The van der Waals surface area contributed by atoms with Crippen LogP contribution in [-0.2, 0) is 17.3 Å². The molecule has 4 rings (SSSR count). The van der Waals surface area contributed by atoms with Crippen LogP contribution < -0.4 is 10.3 Å². The van der Waals surface area contributed by atoms with Crippen LogP contribution in [0, 0.1) is 5.92 Å². The Hall–Kier alpha value is -2.95. The van der Waals surface area contributed by atoms with Crippen molar-refractivity contribution in [2.45, 2.75) is 30.7 Å². The van der Waals surface area contributed by atoms with Crippen molar-refractivity contribution < 1.29 is 9.36 Å². The zero-order valence-corrected chi connectivity index (χ0v) is 15.5. The summed E-state index contributed by atoms with van der Waals surface area (Å²) in [5.74, 6) is -0.140. The summed E-state index contributed by atoms with van der Waals surface area (Å²) in [6.07, 6.45) is 6.71. The van der Waals surface area contributed by atoms with Gasteiger partial charge in [0.15, 0.2) is 0 Å². The maximum absolute atomic E-state index is 13.1. The molecule has 0 saturated heterocycles.